The molecule has 1 N–H and O–H groups in total. The van der Waals surface area contributed by atoms with Crippen LogP contribution in [-0.2, 0) is 0 Å². The quantitative estimate of drug-likeness (QED) is 0.579. The number of hydrogen-bond donors (Lipinski definition) is 1. The van der Waals surface area contributed by atoms with Crippen molar-refractivity contribution in [2.75, 3.05) is 5.32 Å². The SMILES string of the molecule is Cc1cccc(Nc2nc(-c3ccc(Cl)cc3)nc3ccccc23)c1C.[Cl-]. The summed E-state index contributed by atoms with van der Waals surface area (Å²) in [5.41, 5.74) is 5.34. The first-order chi connectivity index (χ1) is 12.6. The van der Waals surface area contributed by atoms with E-state index in [1.54, 1.807) is 0 Å². The Morgan fingerprint density at radius 1 is 0.815 bits per heavy atom. The number of hydrogen-bond acceptors (Lipinski definition) is 3. The van der Waals surface area contributed by atoms with E-state index in [4.69, 9.17) is 21.6 Å². The van der Waals surface area contributed by atoms with Gasteiger partial charge in [-0.1, -0.05) is 35.9 Å². The molecule has 0 aliphatic carbocycles. The largest absolute Gasteiger partial charge is 1.00 e. The number of nitrogens with zero attached hydrogens (tertiary/aromatic N) is 2. The molecular formula is C22H18Cl2N3-. The van der Waals surface area contributed by atoms with E-state index in [0.717, 1.165) is 28.0 Å². The second-order valence-electron chi connectivity index (χ2n) is 6.29. The molecule has 0 bridgehead atoms. The second kappa shape index (κ2) is 7.95. The standard InChI is InChI=1S/C22H18ClN3.ClH/c1-14-6-5-9-19(15(14)2)24-22-18-7-3-4-8-20(18)25-21(26-22)16-10-12-17(23)13-11-16;/h3-13H,1-2H3,(H,24,25,26);1H/p-1. The van der Waals surface area contributed by atoms with Crippen LogP contribution in [0.5, 0.6) is 0 Å². The van der Waals surface area contributed by atoms with Crippen molar-refractivity contribution in [2.45, 2.75) is 13.8 Å². The number of halogens is 2. The van der Waals surface area contributed by atoms with Crippen LogP contribution in [-0.4, -0.2) is 9.97 Å². The molecule has 3 nitrogen and oxygen atoms in total. The Morgan fingerprint density at radius 2 is 1.56 bits per heavy atom. The van der Waals surface area contributed by atoms with Crippen LogP contribution in [0.25, 0.3) is 22.3 Å². The fourth-order valence-corrected chi connectivity index (χ4v) is 3.04. The fraction of sp³-hybridized carbons (Fsp3) is 0.0909. The van der Waals surface area contributed by atoms with Crippen LogP contribution >= 0.6 is 11.6 Å². The number of benzene rings is 3. The molecular weight excluding hydrogens is 377 g/mol. The van der Waals surface area contributed by atoms with Gasteiger partial charge >= 0.3 is 0 Å². The molecule has 1 aromatic heterocycles. The lowest BCUT2D eigenvalue weighted by Gasteiger charge is -2.14. The second-order valence-corrected chi connectivity index (χ2v) is 6.73. The zero-order chi connectivity index (χ0) is 18.1. The van der Waals surface area contributed by atoms with E-state index in [1.807, 2.05) is 54.6 Å². The van der Waals surface area contributed by atoms with Gasteiger partial charge in [0.15, 0.2) is 5.82 Å². The number of fused-ring (bicyclic) bond motifs is 1. The maximum atomic E-state index is 6.01. The molecule has 0 saturated heterocycles. The minimum absolute atomic E-state index is 0. The fourth-order valence-electron chi connectivity index (χ4n) is 2.91. The number of nitrogens with one attached hydrogen (secondary N) is 1. The predicted molar refractivity (Wildman–Crippen MR) is 109 cm³/mol. The molecule has 27 heavy (non-hydrogen) atoms. The number of anilines is 2. The summed E-state index contributed by atoms with van der Waals surface area (Å²) in [6.45, 7) is 4.22. The van der Waals surface area contributed by atoms with Crippen LogP contribution < -0.4 is 17.7 Å². The minimum atomic E-state index is 0. The highest BCUT2D eigenvalue weighted by Gasteiger charge is 2.11. The molecule has 136 valence electrons. The summed E-state index contributed by atoms with van der Waals surface area (Å²) in [7, 11) is 0. The van der Waals surface area contributed by atoms with E-state index in [-0.39, 0.29) is 12.4 Å². The van der Waals surface area contributed by atoms with Crippen molar-refractivity contribution in [1.29, 1.82) is 0 Å². The Balaban J connectivity index is 0.00000210. The van der Waals surface area contributed by atoms with E-state index in [9.17, 15) is 0 Å². The maximum absolute atomic E-state index is 6.01. The van der Waals surface area contributed by atoms with E-state index in [0.29, 0.717) is 10.8 Å². The van der Waals surface area contributed by atoms with Crippen LogP contribution in [0.15, 0.2) is 66.7 Å². The van der Waals surface area contributed by atoms with Gasteiger partial charge in [0.1, 0.15) is 5.82 Å². The monoisotopic (exact) mass is 394 g/mol. The summed E-state index contributed by atoms with van der Waals surface area (Å²) in [5, 5.41) is 5.19. The highest BCUT2D eigenvalue weighted by atomic mass is 35.5. The van der Waals surface area contributed by atoms with Gasteiger partial charge in [-0.15, -0.1) is 0 Å². The van der Waals surface area contributed by atoms with Crippen molar-refractivity contribution in [3.8, 4) is 11.4 Å². The highest BCUT2D eigenvalue weighted by molar-refractivity contribution is 6.30. The van der Waals surface area contributed by atoms with E-state index in [1.165, 1.54) is 11.1 Å². The summed E-state index contributed by atoms with van der Waals surface area (Å²) in [5.74, 6) is 1.47. The van der Waals surface area contributed by atoms with Crippen LogP contribution in [0.4, 0.5) is 11.5 Å². The van der Waals surface area contributed by atoms with Crippen molar-refractivity contribution < 1.29 is 12.4 Å². The predicted octanol–water partition coefficient (Wildman–Crippen LogP) is 3.31. The third-order valence-corrected chi connectivity index (χ3v) is 4.82. The Morgan fingerprint density at radius 3 is 2.33 bits per heavy atom. The molecule has 0 saturated carbocycles. The molecule has 4 aromatic rings. The van der Waals surface area contributed by atoms with E-state index < -0.39 is 0 Å². The molecule has 0 fully saturated rings. The summed E-state index contributed by atoms with van der Waals surface area (Å²) in [6, 6.07) is 21.8. The summed E-state index contributed by atoms with van der Waals surface area (Å²) in [6.07, 6.45) is 0. The van der Waals surface area contributed by atoms with Crippen molar-refractivity contribution in [1.82, 2.24) is 9.97 Å². The van der Waals surface area contributed by atoms with Crippen LogP contribution in [0.1, 0.15) is 11.1 Å². The summed E-state index contributed by atoms with van der Waals surface area (Å²) < 4.78 is 0. The van der Waals surface area contributed by atoms with Crippen molar-refractivity contribution >= 4 is 34.0 Å². The Labute approximate surface area is 169 Å². The summed E-state index contributed by atoms with van der Waals surface area (Å²) >= 11 is 6.01. The molecule has 0 aliphatic rings. The summed E-state index contributed by atoms with van der Waals surface area (Å²) in [4.78, 5) is 9.52. The lowest BCUT2D eigenvalue weighted by Crippen LogP contribution is -3.00. The average molecular weight is 395 g/mol. The third kappa shape index (κ3) is 3.90. The molecule has 1 heterocycles. The zero-order valence-corrected chi connectivity index (χ0v) is 16.5. The Kier molecular flexibility index (Phi) is 5.64. The number of aromatic nitrogens is 2. The maximum Gasteiger partial charge on any atom is 0.162 e. The van der Waals surface area contributed by atoms with E-state index in [2.05, 4.69) is 31.3 Å². The molecule has 0 amide bonds. The van der Waals surface area contributed by atoms with Crippen LogP contribution in [0, 0.1) is 13.8 Å². The molecule has 0 radical (unpaired) electrons. The van der Waals surface area contributed by atoms with Gasteiger partial charge in [-0.05, 0) is 67.4 Å². The van der Waals surface area contributed by atoms with Crippen LogP contribution in [0.2, 0.25) is 5.02 Å². The first-order valence-electron chi connectivity index (χ1n) is 8.48. The molecule has 3 aromatic carbocycles. The lowest BCUT2D eigenvalue weighted by atomic mass is 10.1. The third-order valence-electron chi connectivity index (χ3n) is 4.56. The van der Waals surface area contributed by atoms with Crippen molar-refractivity contribution in [2.24, 2.45) is 0 Å². The number of aryl methyl sites for hydroxylation is 1. The van der Waals surface area contributed by atoms with Gasteiger partial charge in [-0.25, -0.2) is 9.97 Å². The molecule has 0 unspecified atom stereocenters. The van der Waals surface area contributed by atoms with Gasteiger partial charge < -0.3 is 17.7 Å². The van der Waals surface area contributed by atoms with Crippen molar-refractivity contribution in [3.05, 3.63) is 82.9 Å². The molecule has 4 rings (SSSR count). The molecule has 0 spiro atoms. The Bertz CT molecular complexity index is 1090. The number of para-hydroxylation sites is 1. The number of rotatable bonds is 3. The first kappa shape index (κ1) is 19.2. The van der Waals surface area contributed by atoms with Gasteiger partial charge in [-0.3, -0.25) is 0 Å². The highest BCUT2D eigenvalue weighted by Crippen LogP contribution is 2.29. The minimum Gasteiger partial charge on any atom is -1.00 e. The average Bonchev–Trinajstić information content (AvgIpc) is 2.66. The lowest BCUT2D eigenvalue weighted by molar-refractivity contribution is -0.00000525. The Hall–Kier alpha value is -2.62. The van der Waals surface area contributed by atoms with Gasteiger partial charge in [-0.2, -0.15) is 0 Å². The van der Waals surface area contributed by atoms with Gasteiger partial charge in [0.2, 0.25) is 0 Å². The smallest absolute Gasteiger partial charge is 0.162 e. The van der Waals surface area contributed by atoms with Crippen LogP contribution in [0.3, 0.4) is 0 Å². The molecule has 5 heteroatoms. The van der Waals surface area contributed by atoms with Crippen molar-refractivity contribution in [3.63, 3.8) is 0 Å². The molecule has 0 atom stereocenters. The van der Waals surface area contributed by atoms with Gasteiger partial charge in [0.25, 0.3) is 0 Å². The molecule has 0 aliphatic heterocycles. The van der Waals surface area contributed by atoms with Gasteiger partial charge in [0, 0.05) is 21.7 Å². The first-order valence-corrected chi connectivity index (χ1v) is 8.85. The van der Waals surface area contributed by atoms with Gasteiger partial charge in [0.05, 0.1) is 5.52 Å². The normalized spacial score (nSPS) is 10.5. The van der Waals surface area contributed by atoms with E-state index >= 15 is 0 Å². The zero-order valence-electron chi connectivity index (χ0n) is 15.0. The topological polar surface area (TPSA) is 37.8 Å².